The van der Waals surface area contributed by atoms with Crippen LogP contribution in [-0.4, -0.2) is 31.6 Å². The zero-order valence-corrected chi connectivity index (χ0v) is 14.6. The molecule has 2 rings (SSSR count). The van der Waals surface area contributed by atoms with Gasteiger partial charge in [0.05, 0.1) is 12.1 Å². The molecule has 0 spiro atoms. The average molecular weight is 347 g/mol. The first-order valence-electron chi connectivity index (χ1n) is 8.09. The van der Waals surface area contributed by atoms with Gasteiger partial charge in [-0.3, -0.25) is 0 Å². The van der Waals surface area contributed by atoms with Crippen LogP contribution in [0.2, 0.25) is 0 Å². The number of carbonyl (C=O) groups excluding carboxylic acids is 1. The molecule has 0 aliphatic rings. The maximum atomic E-state index is 13.3. The summed E-state index contributed by atoms with van der Waals surface area (Å²) >= 11 is 0. The van der Waals surface area contributed by atoms with Crippen LogP contribution in [0.1, 0.15) is 30.1 Å². The van der Waals surface area contributed by atoms with Crippen LogP contribution < -0.4 is 10.6 Å². The molecule has 0 aliphatic heterocycles. The third kappa shape index (κ3) is 5.26. The van der Waals surface area contributed by atoms with Crippen LogP contribution >= 0.6 is 0 Å². The van der Waals surface area contributed by atoms with E-state index >= 15 is 0 Å². The number of rotatable bonds is 6. The molecule has 0 radical (unpaired) electrons. The van der Waals surface area contributed by atoms with E-state index in [1.165, 1.54) is 6.07 Å². The summed E-state index contributed by atoms with van der Waals surface area (Å²) in [5.74, 6) is -1.83. The van der Waals surface area contributed by atoms with Gasteiger partial charge in [-0.15, -0.1) is 0 Å². The third-order valence-electron chi connectivity index (χ3n) is 4.05. The normalized spacial score (nSPS) is 13.4. The second-order valence-electron chi connectivity index (χ2n) is 6.14. The number of nitrogens with one attached hydrogen (secondary N) is 2. The van der Waals surface area contributed by atoms with Gasteiger partial charge in [-0.25, -0.2) is 13.6 Å². The van der Waals surface area contributed by atoms with Gasteiger partial charge >= 0.3 is 6.03 Å². The van der Waals surface area contributed by atoms with Crippen molar-refractivity contribution in [3.05, 3.63) is 71.3 Å². The molecular weight excluding hydrogens is 324 g/mol. The Labute approximate surface area is 146 Å². The average Bonchev–Trinajstić information content (AvgIpc) is 2.58. The van der Waals surface area contributed by atoms with Crippen molar-refractivity contribution in [2.24, 2.45) is 0 Å². The van der Waals surface area contributed by atoms with Crippen molar-refractivity contribution in [1.29, 1.82) is 0 Å². The molecule has 0 saturated heterocycles. The standard InChI is InChI=1S/C19H23F2N3O/c1-13(15-9-10-16(20)17(21)11-15)23-19(25)22-12-18(24(2)3)14-7-5-4-6-8-14/h4-11,13,18H,12H2,1-3H3,(H2,22,23,25). The van der Waals surface area contributed by atoms with Gasteiger partial charge in [-0.05, 0) is 44.3 Å². The molecule has 2 unspecified atom stereocenters. The number of halogens is 2. The molecule has 134 valence electrons. The van der Waals surface area contributed by atoms with Crippen LogP contribution in [0.25, 0.3) is 0 Å². The highest BCUT2D eigenvalue weighted by Crippen LogP contribution is 2.17. The number of benzene rings is 2. The van der Waals surface area contributed by atoms with E-state index < -0.39 is 17.7 Å². The molecule has 0 fully saturated rings. The quantitative estimate of drug-likeness (QED) is 0.838. The maximum Gasteiger partial charge on any atom is 0.315 e. The lowest BCUT2D eigenvalue weighted by Gasteiger charge is -2.25. The summed E-state index contributed by atoms with van der Waals surface area (Å²) < 4.78 is 26.3. The van der Waals surface area contributed by atoms with Crippen LogP contribution in [0.4, 0.5) is 13.6 Å². The highest BCUT2D eigenvalue weighted by atomic mass is 19.2. The number of carbonyl (C=O) groups is 1. The Morgan fingerprint density at radius 1 is 1.04 bits per heavy atom. The predicted octanol–water partition coefficient (Wildman–Crippen LogP) is 3.63. The minimum absolute atomic E-state index is 0.0329. The van der Waals surface area contributed by atoms with Gasteiger partial charge in [0.2, 0.25) is 0 Å². The van der Waals surface area contributed by atoms with E-state index in [1.54, 1.807) is 6.92 Å². The van der Waals surface area contributed by atoms with Crippen molar-refractivity contribution in [1.82, 2.24) is 15.5 Å². The molecule has 4 nitrogen and oxygen atoms in total. The maximum absolute atomic E-state index is 13.3. The highest BCUT2D eigenvalue weighted by molar-refractivity contribution is 5.74. The van der Waals surface area contributed by atoms with E-state index in [4.69, 9.17) is 0 Å². The van der Waals surface area contributed by atoms with Crippen molar-refractivity contribution in [3.63, 3.8) is 0 Å². The molecule has 6 heteroatoms. The molecule has 0 aromatic heterocycles. The van der Waals surface area contributed by atoms with Gasteiger partial charge in [-0.1, -0.05) is 36.4 Å². The van der Waals surface area contributed by atoms with Crippen molar-refractivity contribution in [2.75, 3.05) is 20.6 Å². The Kier molecular flexibility index (Phi) is 6.47. The van der Waals surface area contributed by atoms with Crippen molar-refractivity contribution < 1.29 is 13.6 Å². The Balaban J connectivity index is 1.93. The predicted molar refractivity (Wildman–Crippen MR) is 94.2 cm³/mol. The largest absolute Gasteiger partial charge is 0.336 e. The van der Waals surface area contributed by atoms with Crippen molar-refractivity contribution in [2.45, 2.75) is 19.0 Å². The Morgan fingerprint density at radius 2 is 1.72 bits per heavy atom. The zero-order valence-electron chi connectivity index (χ0n) is 14.6. The summed E-state index contributed by atoms with van der Waals surface area (Å²) in [7, 11) is 3.89. The van der Waals surface area contributed by atoms with Gasteiger partial charge in [0.25, 0.3) is 0 Å². The minimum Gasteiger partial charge on any atom is -0.336 e. The van der Waals surface area contributed by atoms with Crippen molar-refractivity contribution >= 4 is 6.03 Å². The van der Waals surface area contributed by atoms with Crippen LogP contribution in [-0.2, 0) is 0 Å². The summed E-state index contributed by atoms with van der Waals surface area (Å²) in [5.41, 5.74) is 1.60. The zero-order chi connectivity index (χ0) is 18.4. The summed E-state index contributed by atoms with van der Waals surface area (Å²) in [6, 6.07) is 12.7. The van der Waals surface area contributed by atoms with Crippen molar-refractivity contribution in [3.8, 4) is 0 Å². The van der Waals surface area contributed by atoms with Crippen LogP contribution in [0, 0.1) is 11.6 Å². The molecule has 2 amide bonds. The summed E-state index contributed by atoms with van der Waals surface area (Å²) in [5, 5.41) is 5.56. The highest BCUT2D eigenvalue weighted by Gasteiger charge is 2.16. The van der Waals surface area contributed by atoms with E-state index in [1.807, 2.05) is 49.3 Å². The Hall–Kier alpha value is -2.47. The SMILES string of the molecule is CC(NC(=O)NCC(c1ccccc1)N(C)C)c1ccc(F)c(F)c1. The topological polar surface area (TPSA) is 44.4 Å². The molecular formula is C19H23F2N3O. The second kappa shape index (κ2) is 8.58. The van der Waals surface area contributed by atoms with E-state index in [-0.39, 0.29) is 12.1 Å². The first-order valence-corrected chi connectivity index (χ1v) is 8.09. The second-order valence-corrected chi connectivity index (χ2v) is 6.14. The van der Waals surface area contributed by atoms with E-state index in [0.29, 0.717) is 12.1 Å². The monoisotopic (exact) mass is 347 g/mol. The fourth-order valence-electron chi connectivity index (χ4n) is 2.58. The van der Waals surface area contributed by atoms with Gasteiger partial charge in [-0.2, -0.15) is 0 Å². The third-order valence-corrected chi connectivity index (χ3v) is 4.05. The lowest BCUT2D eigenvalue weighted by Crippen LogP contribution is -2.41. The van der Waals surface area contributed by atoms with E-state index in [2.05, 4.69) is 10.6 Å². The first-order chi connectivity index (χ1) is 11.9. The van der Waals surface area contributed by atoms with E-state index in [0.717, 1.165) is 17.7 Å². The van der Waals surface area contributed by atoms with E-state index in [9.17, 15) is 13.6 Å². The lowest BCUT2D eigenvalue weighted by atomic mass is 10.1. The minimum atomic E-state index is -0.927. The first kappa shape index (κ1) is 18.9. The van der Waals surface area contributed by atoms with Gasteiger partial charge in [0, 0.05) is 6.54 Å². The number of urea groups is 1. The molecule has 0 bridgehead atoms. The molecule has 2 aromatic rings. The Bertz CT molecular complexity index is 707. The fraction of sp³-hybridized carbons (Fsp3) is 0.316. The Morgan fingerprint density at radius 3 is 2.32 bits per heavy atom. The number of amides is 2. The van der Waals surface area contributed by atoms with Crippen LogP contribution in [0.5, 0.6) is 0 Å². The summed E-state index contributed by atoms with van der Waals surface area (Å²) in [6.45, 7) is 2.14. The molecule has 0 saturated carbocycles. The molecule has 2 atom stereocenters. The number of likely N-dealkylation sites (N-methyl/N-ethyl adjacent to an activating group) is 1. The summed E-state index contributed by atoms with van der Waals surface area (Å²) in [4.78, 5) is 14.2. The number of nitrogens with zero attached hydrogens (tertiary/aromatic N) is 1. The molecule has 2 aromatic carbocycles. The van der Waals surface area contributed by atoms with Crippen LogP contribution in [0.3, 0.4) is 0 Å². The fourth-order valence-corrected chi connectivity index (χ4v) is 2.58. The molecule has 0 aliphatic carbocycles. The molecule has 0 heterocycles. The summed E-state index contributed by atoms with van der Waals surface area (Å²) in [6.07, 6.45) is 0. The number of hydrogen-bond donors (Lipinski definition) is 2. The van der Waals surface area contributed by atoms with Gasteiger partial charge in [0.15, 0.2) is 11.6 Å². The van der Waals surface area contributed by atoms with Gasteiger partial charge < -0.3 is 15.5 Å². The smallest absolute Gasteiger partial charge is 0.315 e. The molecule has 25 heavy (non-hydrogen) atoms. The lowest BCUT2D eigenvalue weighted by molar-refractivity contribution is 0.230. The van der Waals surface area contributed by atoms with Crippen LogP contribution in [0.15, 0.2) is 48.5 Å². The van der Waals surface area contributed by atoms with Gasteiger partial charge in [0.1, 0.15) is 0 Å². The molecule has 2 N–H and O–H groups in total. The number of hydrogen-bond acceptors (Lipinski definition) is 2.